The minimum Gasteiger partial charge on any atom is -0.465 e. The molecule has 1 atom stereocenters. The molecule has 5 heteroatoms. The summed E-state index contributed by atoms with van der Waals surface area (Å²) in [7, 11) is 0. The van der Waals surface area contributed by atoms with Gasteiger partial charge in [0, 0.05) is 19.8 Å². The molecule has 1 fully saturated rings. The minimum absolute atomic E-state index is 0. The van der Waals surface area contributed by atoms with Gasteiger partial charge in [-0.1, -0.05) is 34.6 Å². The summed E-state index contributed by atoms with van der Waals surface area (Å²) in [5, 5.41) is 6.37. The Bertz CT molecular complexity index is 244. The molecular formula is C17H39N3O2. The molecule has 22 heavy (non-hydrogen) atoms. The summed E-state index contributed by atoms with van der Waals surface area (Å²) in [4.78, 5) is 13.7. The molecule has 1 heterocycles. The number of hydrogen-bond acceptors (Lipinski definition) is 5. The van der Waals surface area contributed by atoms with E-state index in [4.69, 9.17) is 4.74 Å². The Hall–Kier alpha value is -0.650. The number of rotatable bonds is 9. The van der Waals surface area contributed by atoms with Crippen molar-refractivity contribution < 1.29 is 9.53 Å². The fourth-order valence-corrected chi connectivity index (χ4v) is 1.95. The van der Waals surface area contributed by atoms with Crippen molar-refractivity contribution in [3.63, 3.8) is 0 Å². The van der Waals surface area contributed by atoms with Gasteiger partial charge in [-0.25, -0.2) is 0 Å². The Morgan fingerprint density at radius 1 is 1.27 bits per heavy atom. The number of unbranched alkanes of at least 4 members (excludes halogenated alkanes) is 1. The van der Waals surface area contributed by atoms with E-state index in [1.165, 1.54) is 26.1 Å². The quantitative estimate of drug-likeness (QED) is 0.506. The first kappa shape index (κ1) is 23.6. The smallest absolute Gasteiger partial charge is 0.322 e. The van der Waals surface area contributed by atoms with Crippen LogP contribution in [0.2, 0.25) is 0 Å². The number of nitrogens with zero attached hydrogens (tertiary/aromatic N) is 1. The highest BCUT2D eigenvalue weighted by Crippen LogP contribution is 1.93. The monoisotopic (exact) mass is 317 g/mol. The summed E-state index contributed by atoms with van der Waals surface area (Å²) in [6.45, 7) is 14.4. The van der Waals surface area contributed by atoms with Crippen molar-refractivity contribution in [1.82, 2.24) is 15.5 Å². The van der Waals surface area contributed by atoms with Gasteiger partial charge >= 0.3 is 5.97 Å². The third-order valence-corrected chi connectivity index (χ3v) is 3.28. The summed E-state index contributed by atoms with van der Waals surface area (Å²) < 4.78 is 5.04. The molecule has 0 bridgehead atoms. The largest absolute Gasteiger partial charge is 0.465 e. The van der Waals surface area contributed by atoms with Gasteiger partial charge in [-0.2, -0.15) is 0 Å². The average Bonchev–Trinajstić information content (AvgIpc) is 2.99. The van der Waals surface area contributed by atoms with Gasteiger partial charge < -0.3 is 15.4 Å². The van der Waals surface area contributed by atoms with Crippen molar-refractivity contribution in [2.45, 2.75) is 66.8 Å². The van der Waals surface area contributed by atoms with E-state index in [2.05, 4.69) is 36.3 Å². The van der Waals surface area contributed by atoms with E-state index >= 15 is 0 Å². The zero-order valence-electron chi connectivity index (χ0n) is 14.4. The van der Waals surface area contributed by atoms with Crippen LogP contribution < -0.4 is 10.6 Å². The molecule has 0 aromatic carbocycles. The zero-order valence-corrected chi connectivity index (χ0v) is 14.4. The fraction of sp³-hybridized carbons (Fsp3) is 0.941. The normalized spacial score (nSPS) is 15.5. The van der Waals surface area contributed by atoms with E-state index in [1.807, 2.05) is 6.92 Å². The number of carbonyl (C=O) groups is 1. The van der Waals surface area contributed by atoms with Crippen molar-refractivity contribution in [1.29, 1.82) is 0 Å². The van der Waals surface area contributed by atoms with Gasteiger partial charge in [0.15, 0.2) is 0 Å². The fourth-order valence-electron chi connectivity index (χ4n) is 1.95. The Balaban J connectivity index is 0. The third-order valence-electron chi connectivity index (χ3n) is 3.28. The highest BCUT2D eigenvalue weighted by molar-refractivity contribution is 5.75. The van der Waals surface area contributed by atoms with Gasteiger partial charge in [-0.15, -0.1) is 0 Å². The van der Waals surface area contributed by atoms with Gasteiger partial charge in [0.05, 0.1) is 6.61 Å². The van der Waals surface area contributed by atoms with Crippen LogP contribution in [0.4, 0.5) is 0 Å². The summed E-state index contributed by atoms with van der Waals surface area (Å²) in [5.74, 6) is -0.137. The Morgan fingerprint density at radius 2 is 2.00 bits per heavy atom. The number of hydrogen-bond donors (Lipinski definition) is 2. The lowest BCUT2D eigenvalue weighted by molar-refractivity contribution is -0.145. The summed E-state index contributed by atoms with van der Waals surface area (Å²) in [5.41, 5.74) is 0. The van der Waals surface area contributed by atoms with E-state index < -0.39 is 0 Å². The highest BCUT2D eigenvalue weighted by atomic mass is 16.5. The lowest BCUT2D eigenvalue weighted by Gasteiger charge is -2.12. The van der Waals surface area contributed by atoms with Gasteiger partial charge in [-0.3, -0.25) is 9.69 Å². The molecule has 1 unspecified atom stereocenters. The second-order valence-electron chi connectivity index (χ2n) is 5.47. The first-order chi connectivity index (χ1) is 10.2. The molecule has 1 rings (SSSR count). The van der Waals surface area contributed by atoms with Crippen LogP contribution in [0.1, 0.15) is 60.8 Å². The van der Waals surface area contributed by atoms with E-state index in [1.54, 1.807) is 0 Å². The predicted molar refractivity (Wildman–Crippen MR) is 95.1 cm³/mol. The molecule has 0 aromatic heterocycles. The predicted octanol–water partition coefficient (Wildman–Crippen LogP) is 2.61. The Morgan fingerprint density at radius 3 is 2.50 bits per heavy atom. The molecule has 0 aromatic rings. The molecule has 0 spiro atoms. The Kier molecular flexibility index (Phi) is 17.9. The summed E-state index contributed by atoms with van der Waals surface area (Å²) in [6.07, 6.45) is 4.32. The van der Waals surface area contributed by atoms with Crippen molar-refractivity contribution in [2.75, 3.05) is 39.5 Å². The molecule has 2 N–H and O–H groups in total. The zero-order chi connectivity index (χ0) is 15.9. The molecule has 0 aliphatic carbocycles. The molecule has 5 nitrogen and oxygen atoms in total. The Labute approximate surface area is 138 Å². The van der Waals surface area contributed by atoms with Crippen LogP contribution >= 0.6 is 0 Å². The number of ether oxygens (including phenoxy) is 1. The van der Waals surface area contributed by atoms with Crippen LogP contribution in [0.25, 0.3) is 0 Å². The van der Waals surface area contributed by atoms with Crippen LogP contribution in [0.3, 0.4) is 0 Å². The molecule has 134 valence electrons. The summed E-state index contributed by atoms with van der Waals surface area (Å²) in [6, 6.07) is -0.170. The number of nitrogens with one attached hydrogen (secondary N) is 2. The molecule has 0 amide bonds. The molecular weight excluding hydrogens is 278 g/mol. The molecule has 1 saturated heterocycles. The van der Waals surface area contributed by atoms with E-state index in [0.717, 1.165) is 32.5 Å². The topological polar surface area (TPSA) is 53.6 Å². The van der Waals surface area contributed by atoms with Gasteiger partial charge in [-0.05, 0) is 39.3 Å². The van der Waals surface area contributed by atoms with Crippen LogP contribution in [0.15, 0.2) is 0 Å². The first-order valence-electron chi connectivity index (χ1n) is 8.48. The second kappa shape index (κ2) is 16.7. The lowest BCUT2D eigenvalue weighted by atomic mass is 10.3. The first-order valence-corrected chi connectivity index (χ1v) is 8.48. The van der Waals surface area contributed by atoms with Gasteiger partial charge in [0.25, 0.3) is 0 Å². The van der Waals surface area contributed by atoms with Crippen molar-refractivity contribution in [3.05, 3.63) is 0 Å². The van der Waals surface area contributed by atoms with E-state index in [0.29, 0.717) is 6.61 Å². The minimum atomic E-state index is -0.170. The van der Waals surface area contributed by atoms with Crippen LogP contribution in [-0.2, 0) is 9.53 Å². The SMILES string of the molecule is C.CCCCOC(=O)C(C)NCCC.CCCN1CCNC1. The molecule has 1 aliphatic rings. The van der Waals surface area contributed by atoms with Crippen molar-refractivity contribution >= 4 is 5.97 Å². The highest BCUT2D eigenvalue weighted by Gasteiger charge is 2.12. The van der Waals surface area contributed by atoms with Crippen molar-refractivity contribution in [2.24, 2.45) is 0 Å². The number of esters is 1. The molecule has 0 radical (unpaired) electrons. The van der Waals surface area contributed by atoms with Crippen LogP contribution in [0.5, 0.6) is 0 Å². The molecule has 1 aliphatic heterocycles. The number of carbonyl (C=O) groups excluding carboxylic acids is 1. The lowest BCUT2D eigenvalue weighted by Crippen LogP contribution is -2.35. The molecule has 0 saturated carbocycles. The van der Waals surface area contributed by atoms with E-state index in [-0.39, 0.29) is 19.4 Å². The maximum Gasteiger partial charge on any atom is 0.322 e. The maximum absolute atomic E-state index is 11.2. The maximum atomic E-state index is 11.2. The third kappa shape index (κ3) is 13.0. The average molecular weight is 318 g/mol. The van der Waals surface area contributed by atoms with Gasteiger partial charge in [0.1, 0.15) is 6.04 Å². The van der Waals surface area contributed by atoms with Crippen molar-refractivity contribution in [3.8, 4) is 0 Å². The van der Waals surface area contributed by atoms with Crippen LogP contribution in [-0.4, -0.2) is 56.4 Å². The summed E-state index contributed by atoms with van der Waals surface area (Å²) >= 11 is 0. The van der Waals surface area contributed by atoms with Crippen LogP contribution in [0, 0.1) is 0 Å². The van der Waals surface area contributed by atoms with E-state index in [9.17, 15) is 4.79 Å². The standard InChI is InChI=1S/C10H21NO2.C6H14N2.CH4/c1-4-6-8-13-10(12)9(3)11-7-5-2;1-2-4-8-5-3-7-6-8;/h9,11H,4-8H2,1-3H3;7H,2-6H2,1H3;1H4. The second-order valence-corrected chi connectivity index (χ2v) is 5.47. The van der Waals surface area contributed by atoms with Gasteiger partial charge in [0.2, 0.25) is 0 Å².